The number of rotatable bonds is 2. The molecule has 66 valence electrons. The number of hydrogen-bond acceptors (Lipinski definition) is 2. The second kappa shape index (κ2) is 4.27. The SMILES string of the molecule is CC#CCC(=O)C1CCC(C)O1. The van der Waals surface area contributed by atoms with Crippen molar-refractivity contribution in [2.75, 3.05) is 0 Å². The molecule has 2 atom stereocenters. The Bertz CT molecular complexity index is 222. The molecule has 2 nitrogen and oxygen atoms in total. The fraction of sp³-hybridized carbons (Fsp3) is 0.700. The molecule has 2 unspecified atom stereocenters. The largest absolute Gasteiger partial charge is 0.367 e. The van der Waals surface area contributed by atoms with Crippen molar-refractivity contribution in [3.05, 3.63) is 0 Å². The topological polar surface area (TPSA) is 26.3 Å². The average Bonchev–Trinajstić information content (AvgIpc) is 2.47. The van der Waals surface area contributed by atoms with Crippen molar-refractivity contribution in [1.82, 2.24) is 0 Å². The van der Waals surface area contributed by atoms with Crippen LogP contribution >= 0.6 is 0 Å². The molecule has 12 heavy (non-hydrogen) atoms. The predicted octanol–water partition coefficient (Wildman–Crippen LogP) is 1.54. The summed E-state index contributed by atoms with van der Waals surface area (Å²) >= 11 is 0. The Labute approximate surface area is 73.3 Å². The van der Waals surface area contributed by atoms with E-state index >= 15 is 0 Å². The van der Waals surface area contributed by atoms with Crippen molar-refractivity contribution in [3.8, 4) is 11.8 Å². The lowest BCUT2D eigenvalue weighted by molar-refractivity contribution is -0.128. The third-order valence-corrected chi connectivity index (χ3v) is 2.03. The van der Waals surface area contributed by atoms with Crippen LogP contribution in [0.3, 0.4) is 0 Å². The summed E-state index contributed by atoms with van der Waals surface area (Å²) in [5, 5.41) is 0. The van der Waals surface area contributed by atoms with Gasteiger partial charge in [-0.15, -0.1) is 5.92 Å². The van der Waals surface area contributed by atoms with Crippen LogP contribution in [0.4, 0.5) is 0 Å². The maximum absolute atomic E-state index is 11.3. The van der Waals surface area contributed by atoms with Crippen LogP contribution in [0.15, 0.2) is 0 Å². The molecule has 1 saturated heterocycles. The van der Waals surface area contributed by atoms with Crippen LogP contribution in [0.2, 0.25) is 0 Å². The monoisotopic (exact) mass is 166 g/mol. The third kappa shape index (κ3) is 2.35. The van der Waals surface area contributed by atoms with Gasteiger partial charge >= 0.3 is 0 Å². The zero-order valence-corrected chi connectivity index (χ0v) is 7.59. The molecule has 0 amide bonds. The minimum atomic E-state index is -0.180. The van der Waals surface area contributed by atoms with Gasteiger partial charge in [0.25, 0.3) is 0 Å². The summed E-state index contributed by atoms with van der Waals surface area (Å²) in [7, 11) is 0. The Hall–Kier alpha value is -0.810. The highest BCUT2D eigenvalue weighted by atomic mass is 16.5. The highest BCUT2D eigenvalue weighted by Gasteiger charge is 2.26. The molecule has 0 N–H and O–H groups in total. The van der Waals surface area contributed by atoms with Crippen LogP contribution < -0.4 is 0 Å². The zero-order chi connectivity index (χ0) is 8.97. The normalized spacial score (nSPS) is 27.8. The fourth-order valence-electron chi connectivity index (χ4n) is 1.33. The Morgan fingerprint density at radius 2 is 2.33 bits per heavy atom. The van der Waals surface area contributed by atoms with Crippen molar-refractivity contribution in [2.45, 2.75) is 45.3 Å². The first-order valence-electron chi connectivity index (χ1n) is 4.32. The van der Waals surface area contributed by atoms with Crippen molar-refractivity contribution in [3.63, 3.8) is 0 Å². The molecule has 1 rings (SSSR count). The fourth-order valence-corrected chi connectivity index (χ4v) is 1.33. The minimum absolute atomic E-state index is 0.133. The van der Waals surface area contributed by atoms with E-state index in [2.05, 4.69) is 11.8 Å². The first-order chi connectivity index (χ1) is 5.74. The van der Waals surface area contributed by atoms with E-state index < -0.39 is 0 Å². The maximum Gasteiger partial charge on any atom is 0.173 e. The van der Waals surface area contributed by atoms with Crippen molar-refractivity contribution < 1.29 is 9.53 Å². The quantitative estimate of drug-likeness (QED) is 0.581. The number of carbonyl (C=O) groups excluding carboxylic acids is 1. The van der Waals surface area contributed by atoms with E-state index in [1.807, 2.05) is 6.92 Å². The van der Waals surface area contributed by atoms with Gasteiger partial charge in [0, 0.05) is 0 Å². The second-order valence-electron chi connectivity index (χ2n) is 3.08. The summed E-state index contributed by atoms with van der Waals surface area (Å²) in [5.41, 5.74) is 0. The van der Waals surface area contributed by atoms with Crippen molar-refractivity contribution in [2.24, 2.45) is 0 Å². The second-order valence-corrected chi connectivity index (χ2v) is 3.08. The minimum Gasteiger partial charge on any atom is -0.367 e. The van der Waals surface area contributed by atoms with E-state index in [4.69, 9.17) is 4.74 Å². The molecule has 0 aromatic rings. The van der Waals surface area contributed by atoms with Crippen LogP contribution in [-0.4, -0.2) is 18.0 Å². The Kier molecular flexibility index (Phi) is 3.31. The van der Waals surface area contributed by atoms with Crippen LogP contribution in [0.5, 0.6) is 0 Å². The number of ketones is 1. The first-order valence-corrected chi connectivity index (χ1v) is 4.32. The van der Waals surface area contributed by atoms with Gasteiger partial charge in [0.2, 0.25) is 0 Å². The number of Topliss-reactive ketones (excluding diaryl/α,β-unsaturated/α-hetero) is 1. The summed E-state index contributed by atoms with van der Waals surface area (Å²) in [6, 6.07) is 0. The molecule has 1 aliphatic rings. The molecule has 0 radical (unpaired) electrons. The highest BCUT2D eigenvalue weighted by molar-refractivity contribution is 5.85. The van der Waals surface area contributed by atoms with E-state index in [-0.39, 0.29) is 18.0 Å². The molecular formula is C10H14O2. The number of carbonyl (C=O) groups is 1. The molecular weight excluding hydrogens is 152 g/mol. The van der Waals surface area contributed by atoms with Gasteiger partial charge < -0.3 is 4.74 Å². The standard InChI is InChI=1S/C10H14O2/c1-3-4-5-9(11)10-7-6-8(2)12-10/h8,10H,5-7H2,1-2H3. The molecule has 1 heterocycles. The Morgan fingerprint density at radius 3 is 2.83 bits per heavy atom. The van der Waals surface area contributed by atoms with Crippen LogP contribution in [-0.2, 0) is 9.53 Å². The van der Waals surface area contributed by atoms with Crippen LogP contribution in [0.1, 0.15) is 33.1 Å². The number of hydrogen-bond donors (Lipinski definition) is 0. The lowest BCUT2D eigenvalue weighted by atomic mass is 10.1. The predicted molar refractivity (Wildman–Crippen MR) is 46.6 cm³/mol. The van der Waals surface area contributed by atoms with Gasteiger partial charge in [0.15, 0.2) is 5.78 Å². The summed E-state index contributed by atoms with van der Waals surface area (Å²) in [4.78, 5) is 11.3. The van der Waals surface area contributed by atoms with E-state index in [1.165, 1.54) is 0 Å². The molecule has 0 aliphatic carbocycles. The third-order valence-electron chi connectivity index (χ3n) is 2.03. The summed E-state index contributed by atoms with van der Waals surface area (Å²) in [6.07, 6.45) is 2.27. The molecule has 0 bridgehead atoms. The van der Waals surface area contributed by atoms with Crippen molar-refractivity contribution >= 4 is 5.78 Å². The molecule has 0 spiro atoms. The van der Waals surface area contributed by atoms with E-state index in [9.17, 15) is 4.79 Å². The van der Waals surface area contributed by atoms with Gasteiger partial charge in [-0.25, -0.2) is 0 Å². The zero-order valence-electron chi connectivity index (χ0n) is 7.59. The summed E-state index contributed by atoms with van der Waals surface area (Å²) < 4.78 is 5.40. The van der Waals surface area contributed by atoms with Gasteiger partial charge in [0.05, 0.1) is 12.5 Å². The van der Waals surface area contributed by atoms with E-state index in [0.717, 1.165) is 12.8 Å². The average molecular weight is 166 g/mol. The molecule has 0 saturated carbocycles. The Balaban J connectivity index is 2.36. The van der Waals surface area contributed by atoms with Crippen molar-refractivity contribution in [1.29, 1.82) is 0 Å². The van der Waals surface area contributed by atoms with Gasteiger partial charge in [-0.3, -0.25) is 4.79 Å². The molecule has 1 fully saturated rings. The van der Waals surface area contributed by atoms with Gasteiger partial charge in [-0.05, 0) is 26.7 Å². The van der Waals surface area contributed by atoms with Gasteiger partial charge in [0.1, 0.15) is 6.10 Å². The van der Waals surface area contributed by atoms with Gasteiger partial charge in [-0.2, -0.15) is 0 Å². The first kappa shape index (κ1) is 9.28. The lowest BCUT2D eigenvalue weighted by Gasteiger charge is -2.06. The van der Waals surface area contributed by atoms with Crippen LogP contribution in [0, 0.1) is 11.8 Å². The lowest BCUT2D eigenvalue weighted by Crippen LogP contribution is -2.19. The van der Waals surface area contributed by atoms with Gasteiger partial charge in [-0.1, -0.05) is 5.92 Å². The van der Waals surface area contributed by atoms with E-state index in [1.54, 1.807) is 6.92 Å². The molecule has 2 heteroatoms. The highest BCUT2D eigenvalue weighted by Crippen LogP contribution is 2.20. The molecule has 0 aromatic carbocycles. The molecule has 1 aliphatic heterocycles. The Morgan fingerprint density at radius 1 is 1.58 bits per heavy atom. The summed E-state index contributed by atoms with van der Waals surface area (Å²) in [5.74, 6) is 5.60. The van der Waals surface area contributed by atoms with Crippen LogP contribution in [0.25, 0.3) is 0 Å². The van der Waals surface area contributed by atoms with E-state index in [0.29, 0.717) is 6.42 Å². The summed E-state index contributed by atoms with van der Waals surface area (Å²) in [6.45, 7) is 3.74. The number of ether oxygens (including phenoxy) is 1. The maximum atomic E-state index is 11.3. The smallest absolute Gasteiger partial charge is 0.173 e. The molecule has 0 aromatic heterocycles.